The van der Waals surface area contributed by atoms with E-state index in [1.54, 1.807) is 17.8 Å². The van der Waals surface area contributed by atoms with Crippen LogP contribution in [-0.4, -0.2) is 22.4 Å². The molecule has 0 bridgehead atoms. The van der Waals surface area contributed by atoms with Crippen molar-refractivity contribution < 1.29 is 13.9 Å². The third kappa shape index (κ3) is 5.20. The summed E-state index contributed by atoms with van der Waals surface area (Å²) in [5.74, 6) is -0.520. The topological polar surface area (TPSA) is 82.2 Å². The predicted octanol–water partition coefficient (Wildman–Crippen LogP) is 4.11. The van der Waals surface area contributed by atoms with Gasteiger partial charge in [0.2, 0.25) is 0 Å². The Morgan fingerprint density at radius 2 is 2.12 bits per heavy atom. The molecule has 2 rings (SSSR count). The van der Waals surface area contributed by atoms with Crippen LogP contribution in [0, 0.1) is 5.82 Å². The van der Waals surface area contributed by atoms with Gasteiger partial charge in [-0.3, -0.25) is 4.68 Å². The van der Waals surface area contributed by atoms with Gasteiger partial charge >= 0.3 is 5.97 Å². The highest BCUT2D eigenvalue weighted by atomic mass is 19.1. The molecule has 0 aliphatic heterocycles. The maximum atomic E-state index is 13.2. The van der Waals surface area contributed by atoms with Gasteiger partial charge in [-0.15, -0.1) is 0 Å². The molecule has 7 heteroatoms. The van der Waals surface area contributed by atoms with Crippen molar-refractivity contribution in [2.75, 3.05) is 17.7 Å². The highest BCUT2D eigenvalue weighted by molar-refractivity contribution is 5.95. The molecule has 0 radical (unpaired) electrons. The predicted molar refractivity (Wildman–Crippen MR) is 96.4 cm³/mol. The molecule has 25 heavy (non-hydrogen) atoms. The molecule has 6 nitrogen and oxygen atoms in total. The SMILES string of the molecule is CCCCCCn1cc(C(=O)OCC)c(Nc2ccc(F)cc2N)n1. The van der Waals surface area contributed by atoms with Crippen molar-refractivity contribution in [3.8, 4) is 0 Å². The zero-order valence-electron chi connectivity index (χ0n) is 14.7. The largest absolute Gasteiger partial charge is 0.462 e. The molecule has 0 saturated carbocycles. The number of aryl methyl sites for hydroxylation is 1. The van der Waals surface area contributed by atoms with E-state index in [1.165, 1.54) is 24.6 Å². The number of unbranched alkanes of at least 4 members (excludes halogenated alkanes) is 3. The first-order chi connectivity index (χ1) is 12.0. The van der Waals surface area contributed by atoms with Crippen LogP contribution in [0.5, 0.6) is 0 Å². The van der Waals surface area contributed by atoms with Crippen molar-refractivity contribution in [2.45, 2.75) is 46.1 Å². The average molecular weight is 348 g/mol. The molecule has 0 unspecified atom stereocenters. The van der Waals surface area contributed by atoms with E-state index in [1.807, 2.05) is 0 Å². The molecule has 0 saturated heterocycles. The van der Waals surface area contributed by atoms with Gasteiger partial charge in [0.05, 0.1) is 18.0 Å². The number of aromatic nitrogens is 2. The number of nitrogens with zero attached hydrogens (tertiary/aromatic N) is 2. The van der Waals surface area contributed by atoms with Gasteiger partial charge in [-0.05, 0) is 31.5 Å². The first kappa shape index (κ1) is 18.8. The fourth-order valence-corrected chi connectivity index (χ4v) is 2.46. The number of halogens is 1. The summed E-state index contributed by atoms with van der Waals surface area (Å²) in [6.07, 6.45) is 6.09. The second-order valence-electron chi connectivity index (χ2n) is 5.79. The van der Waals surface area contributed by atoms with Gasteiger partial charge in [-0.2, -0.15) is 5.10 Å². The van der Waals surface area contributed by atoms with E-state index in [9.17, 15) is 9.18 Å². The quantitative estimate of drug-likeness (QED) is 0.405. The van der Waals surface area contributed by atoms with Crippen molar-refractivity contribution >= 4 is 23.2 Å². The van der Waals surface area contributed by atoms with Crippen molar-refractivity contribution in [3.05, 3.63) is 35.8 Å². The summed E-state index contributed by atoms with van der Waals surface area (Å²) >= 11 is 0. The number of nitrogens with one attached hydrogen (secondary N) is 1. The molecule has 136 valence electrons. The third-order valence-corrected chi connectivity index (χ3v) is 3.76. The molecule has 0 aliphatic rings. The number of carbonyl (C=O) groups excluding carboxylic acids is 1. The summed E-state index contributed by atoms with van der Waals surface area (Å²) in [5.41, 5.74) is 6.89. The van der Waals surface area contributed by atoms with Crippen LogP contribution in [0.2, 0.25) is 0 Å². The maximum absolute atomic E-state index is 13.2. The molecule has 1 aromatic carbocycles. The van der Waals surface area contributed by atoms with Crippen LogP contribution in [0.25, 0.3) is 0 Å². The number of nitrogen functional groups attached to an aromatic ring is 1. The third-order valence-electron chi connectivity index (χ3n) is 3.76. The lowest BCUT2D eigenvalue weighted by atomic mass is 10.2. The number of carbonyl (C=O) groups is 1. The first-order valence-electron chi connectivity index (χ1n) is 8.61. The molecule has 3 N–H and O–H groups in total. The monoisotopic (exact) mass is 348 g/mol. The lowest BCUT2D eigenvalue weighted by molar-refractivity contribution is 0.0527. The second-order valence-corrected chi connectivity index (χ2v) is 5.79. The number of anilines is 3. The van der Waals surface area contributed by atoms with Crippen LogP contribution in [0.15, 0.2) is 24.4 Å². The zero-order valence-corrected chi connectivity index (χ0v) is 14.7. The summed E-state index contributed by atoms with van der Waals surface area (Å²) in [6.45, 7) is 4.89. The number of nitrogens with two attached hydrogens (primary N) is 1. The van der Waals surface area contributed by atoms with Gasteiger partial charge in [0.1, 0.15) is 11.4 Å². The lowest BCUT2D eigenvalue weighted by Crippen LogP contribution is -2.07. The molecule has 0 amide bonds. The van der Waals surface area contributed by atoms with Gasteiger partial charge in [-0.25, -0.2) is 9.18 Å². The van der Waals surface area contributed by atoms with E-state index in [0.717, 1.165) is 19.3 Å². The number of ether oxygens (including phenoxy) is 1. The Morgan fingerprint density at radius 1 is 1.32 bits per heavy atom. The minimum atomic E-state index is -0.453. The van der Waals surface area contributed by atoms with Crippen molar-refractivity contribution in [1.82, 2.24) is 9.78 Å². The number of esters is 1. The van der Waals surface area contributed by atoms with Gasteiger partial charge in [0.25, 0.3) is 0 Å². The van der Waals surface area contributed by atoms with Gasteiger partial charge in [-0.1, -0.05) is 26.2 Å². The summed E-state index contributed by atoms with van der Waals surface area (Å²) in [4.78, 5) is 12.2. The number of hydrogen-bond donors (Lipinski definition) is 2. The standard InChI is InChI=1S/C18H25FN4O2/c1-3-5-6-7-10-23-12-14(18(24)25-4-2)17(22-23)21-16-9-8-13(19)11-15(16)20/h8-9,11-12H,3-7,10,20H2,1-2H3,(H,21,22). The molecule has 1 aromatic heterocycles. The fourth-order valence-electron chi connectivity index (χ4n) is 2.46. The Hall–Kier alpha value is -2.57. The van der Waals surface area contributed by atoms with Crippen LogP contribution >= 0.6 is 0 Å². The van der Waals surface area contributed by atoms with Crippen molar-refractivity contribution in [3.63, 3.8) is 0 Å². The van der Waals surface area contributed by atoms with E-state index < -0.39 is 11.8 Å². The second kappa shape index (κ2) is 9.05. The Balaban J connectivity index is 2.20. The average Bonchev–Trinajstić information content (AvgIpc) is 2.97. The first-order valence-corrected chi connectivity index (χ1v) is 8.61. The van der Waals surface area contributed by atoms with Crippen LogP contribution < -0.4 is 11.1 Å². The Morgan fingerprint density at radius 3 is 2.80 bits per heavy atom. The van der Waals surface area contributed by atoms with E-state index >= 15 is 0 Å². The maximum Gasteiger partial charge on any atom is 0.343 e. The van der Waals surface area contributed by atoms with E-state index in [0.29, 0.717) is 23.6 Å². The Kier molecular flexibility index (Phi) is 6.80. The smallest absolute Gasteiger partial charge is 0.343 e. The molecule has 0 atom stereocenters. The number of hydrogen-bond acceptors (Lipinski definition) is 5. The highest BCUT2D eigenvalue weighted by Gasteiger charge is 2.18. The summed E-state index contributed by atoms with van der Waals surface area (Å²) in [6, 6.07) is 4.03. The van der Waals surface area contributed by atoms with Crippen LogP contribution in [-0.2, 0) is 11.3 Å². The molecule has 0 aliphatic carbocycles. The molecular weight excluding hydrogens is 323 g/mol. The van der Waals surface area contributed by atoms with Crippen molar-refractivity contribution in [1.29, 1.82) is 0 Å². The fraction of sp³-hybridized carbons (Fsp3) is 0.444. The Labute approximate surface area is 147 Å². The molecule has 0 fully saturated rings. The normalized spacial score (nSPS) is 10.7. The van der Waals surface area contributed by atoms with E-state index in [-0.39, 0.29) is 12.3 Å². The summed E-state index contributed by atoms with van der Waals surface area (Å²) in [7, 11) is 0. The minimum absolute atomic E-state index is 0.243. The summed E-state index contributed by atoms with van der Waals surface area (Å²) < 4.78 is 20.0. The summed E-state index contributed by atoms with van der Waals surface area (Å²) in [5, 5.41) is 7.43. The van der Waals surface area contributed by atoms with Gasteiger partial charge < -0.3 is 15.8 Å². The van der Waals surface area contributed by atoms with Crippen LogP contribution in [0.3, 0.4) is 0 Å². The van der Waals surface area contributed by atoms with E-state index in [4.69, 9.17) is 10.5 Å². The molecule has 1 heterocycles. The van der Waals surface area contributed by atoms with Gasteiger partial charge in [0.15, 0.2) is 5.82 Å². The molecule has 0 spiro atoms. The minimum Gasteiger partial charge on any atom is -0.462 e. The molecular formula is C18H25FN4O2. The highest BCUT2D eigenvalue weighted by Crippen LogP contribution is 2.25. The van der Waals surface area contributed by atoms with Crippen LogP contribution in [0.1, 0.15) is 49.9 Å². The molecule has 2 aromatic rings. The number of rotatable bonds is 9. The van der Waals surface area contributed by atoms with E-state index in [2.05, 4.69) is 17.3 Å². The van der Waals surface area contributed by atoms with Crippen molar-refractivity contribution in [2.24, 2.45) is 0 Å². The Bertz CT molecular complexity index is 715. The lowest BCUT2D eigenvalue weighted by Gasteiger charge is -2.08. The number of benzene rings is 1. The zero-order chi connectivity index (χ0) is 18.2. The van der Waals surface area contributed by atoms with Gasteiger partial charge in [0, 0.05) is 12.7 Å². The van der Waals surface area contributed by atoms with Crippen LogP contribution in [0.4, 0.5) is 21.6 Å².